The van der Waals surface area contributed by atoms with E-state index < -0.39 is 5.60 Å². The minimum atomic E-state index is -0.464. The summed E-state index contributed by atoms with van der Waals surface area (Å²) in [5, 5.41) is 3.16. The number of hydrogen-bond donors (Lipinski definition) is 1. The summed E-state index contributed by atoms with van der Waals surface area (Å²) >= 11 is 0. The van der Waals surface area contributed by atoms with Crippen molar-refractivity contribution in [3.63, 3.8) is 0 Å². The molecule has 2 saturated carbocycles. The van der Waals surface area contributed by atoms with Gasteiger partial charge in [0.15, 0.2) is 5.78 Å². The Morgan fingerprint density at radius 1 is 1.21 bits per heavy atom. The molecule has 29 heavy (non-hydrogen) atoms. The minimum Gasteiger partial charge on any atom is -0.486 e. The molecule has 1 saturated heterocycles. The second-order valence-corrected chi connectivity index (χ2v) is 9.08. The number of hydrogen-bond acceptors (Lipinski definition) is 5. The fourth-order valence-electron chi connectivity index (χ4n) is 5.90. The molecular formula is C23H31N3O3. The van der Waals surface area contributed by atoms with Gasteiger partial charge in [-0.15, -0.1) is 0 Å². The van der Waals surface area contributed by atoms with E-state index in [1.54, 1.807) is 0 Å². The number of rotatable bonds is 5. The zero-order valence-corrected chi connectivity index (χ0v) is 17.2. The number of ketones is 1. The molecule has 1 aromatic carbocycles. The summed E-state index contributed by atoms with van der Waals surface area (Å²) in [7, 11) is 0. The molecule has 0 unspecified atom stereocenters. The quantitative estimate of drug-likeness (QED) is 0.821. The molecular weight excluding hydrogens is 366 g/mol. The molecule has 2 aliphatic heterocycles. The normalized spacial score (nSPS) is 33.8. The van der Waals surface area contributed by atoms with Crippen molar-refractivity contribution >= 4 is 11.7 Å². The lowest BCUT2D eigenvalue weighted by atomic mass is 9.84. The van der Waals surface area contributed by atoms with Crippen LogP contribution in [0.3, 0.4) is 0 Å². The van der Waals surface area contributed by atoms with Gasteiger partial charge in [0.2, 0.25) is 5.91 Å². The molecule has 0 aromatic heterocycles. The second-order valence-electron chi connectivity index (χ2n) is 9.08. The van der Waals surface area contributed by atoms with E-state index in [9.17, 15) is 9.59 Å². The van der Waals surface area contributed by atoms with Gasteiger partial charge in [0.25, 0.3) is 0 Å². The minimum absolute atomic E-state index is 0.0127. The highest BCUT2D eigenvalue weighted by Crippen LogP contribution is 2.65. The summed E-state index contributed by atoms with van der Waals surface area (Å²) in [6, 6.07) is 7.52. The highest BCUT2D eigenvalue weighted by molar-refractivity contribution is 6.00. The van der Waals surface area contributed by atoms with Crippen molar-refractivity contribution in [3.05, 3.63) is 29.8 Å². The Morgan fingerprint density at radius 3 is 2.76 bits per heavy atom. The van der Waals surface area contributed by atoms with E-state index in [-0.39, 0.29) is 23.5 Å². The fourth-order valence-corrected chi connectivity index (χ4v) is 5.90. The first-order chi connectivity index (χ1) is 14.1. The molecule has 3 fully saturated rings. The van der Waals surface area contributed by atoms with E-state index in [0.717, 1.165) is 52.1 Å². The maximum atomic E-state index is 12.8. The second kappa shape index (κ2) is 7.40. The van der Waals surface area contributed by atoms with Crippen LogP contribution in [0.4, 0.5) is 0 Å². The lowest BCUT2D eigenvalue weighted by Crippen LogP contribution is -2.48. The van der Waals surface area contributed by atoms with E-state index in [0.29, 0.717) is 30.2 Å². The van der Waals surface area contributed by atoms with Gasteiger partial charge in [-0.1, -0.05) is 19.1 Å². The van der Waals surface area contributed by atoms with Crippen LogP contribution in [0.1, 0.15) is 36.5 Å². The van der Waals surface area contributed by atoms with Crippen LogP contribution in [0, 0.1) is 17.8 Å². The summed E-state index contributed by atoms with van der Waals surface area (Å²) in [6.07, 6.45) is 2.28. The molecule has 1 spiro atoms. The fraction of sp³-hybridized carbons (Fsp3) is 0.652. The lowest BCUT2D eigenvalue weighted by Gasteiger charge is -2.37. The van der Waals surface area contributed by atoms with E-state index >= 15 is 0 Å². The number of amides is 1. The molecule has 156 valence electrons. The van der Waals surface area contributed by atoms with E-state index in [4.69, 9.17) is 4.74 Å². The number of carbonyl (C=O) groups excluding carboxylic acids is 2. The van der Waals surface area contributed by atoms with Crippen molar-refractivity contribution in [1.82, 2.24) is 15.1 Å². The number of benzene rings is 1. The Balaban J connectivity index is 1.15. The number of ether oxygens (including phenoxy) is 1. The van der Waals surface area contributed by atoms with Crippen LogP contribution >= 0.6 is 0 Å². The van der Waals surface area contributed by atoms with Crippen molar-refractivity contribution in [2.24, 2.45) is 17.8 Å². The Morgan fingerprint density at radius 2 is 1.97 bits per heavy atom. The summed E-state index contributed by atoms with van der Waals surface area (Å²) in [5.41, 5.74) is 0.223. The largest absolute Gasteiger partial charge is 0.486 e. The first kappa shape index (κ1) is 19.1. The molecule has 6 nitrogen and oxygen atoms in total. The topological polar surface area (TPSA) is 61.9 Å². The molecule has 2 heterocycles. The monoisotopic (exact) mass is 397 g/mol. The Kier molecular flexibility index (Phi) is 4.87. The van der Waals surface area contributed by atoms with Gasteiger partial charge < -0.3 is 15.0 Å². The number of nitrogens with zero attached hydrogens (tertiary/aromatic N) is 2. The molecule has 1 aromatic rings. The molecule has 6 heteroatoms. The van der Waals surface area contributed by atoms with Crippen molar-refractivity contribution in [1.29, 1.82) is 0 Å². The third-order valence-electron chi connectivity index (χ3n) is 7.58. The summed E-state index contributed by atoms with van der Waals surface area (Å²) in [5.74, 6) is 1.58. The first-order valence-corrected chi connectivity index (χ1v) is 11.1. The molecule has 4 aliphatic rings. The van der Waals surface area contributed by atoms with Gasteiger partial charge in [-0.25, -0.2) is 0 Å². The number of fused-ring (bicyclic) bond motifs is 3. The van der Waals surface area contributed by atoms with Gasteiger partial charge >= 0.3 is 0 Å². The highest BCUT2D eigenvalue weighted by atomic mass is 16.5. The number of nitrogens with one attached hydrogen (secondary N) is 1. The van der Waals surface area contributed by atoms with Crippen LogP contribution in [0.5, 0.6) is 5.75 Å². The summed E-state index contributed by atoms with van der Waals surface area (Å²) in [6.45, 7) is 9.34. The maximum Gasteiger partial charge on any atom is 0.223 e. The smallest absolute Gasteiger partial charge is 0.223 e. The van der Waals surface area contributed by atoms with Crippen molar-refractivity contribution in [2.45, 2.75) is 31.8 Å². The van der Waals surface area contributed by atoms with Crippen LogP contribution in [-0.4, -0.2) is 72.9 Å². The predicted octanol–water partition coefficient (Wildman–Crippen LogP) is 1.80. The van der Waals surface area contributed by atoms with E-state index in [1.807, 2.05) is 24.3 Å². The van der Waals surface area contributed by atoms with Crippen molar-refractivity contribution in [2.75, 3.05) is 45.8 Å². The van der Waals surface area contributed by atoms with Gasteiger partial charge in [-0.3, -0.25) is 14.5 Å². The summed E-state index contributed by atoms with van der Waals surface area (Å²) < 4.78 is 6.39. The van der Waals surface area contributed by atoms with Crippen LogP contribution in [0.2, 0.25) is 0 Å². The average molecular weight is 398 g/mol. The number of likely N-dealkylation sites (N-methyl/N-ethyl adjacent to an activating group) is 1. The van der Waals surface area contributed by atoms with Crippen molar-refractivity contribution in [3.8, 4) is 5.75 Å². The van der Waals surface area contributed by atoms with E-state index in [1.165, 1.54) is 0 Å². The number of Topliss-reactive ketones (excluding diaryl/α,β-unsaturated/α-hetero) is 1. The zero-order valence-electron chi connectivity index (χ0n) is 17.2. The standard InChI is InChI=1S/C23H31N3O3/c1-2-25-11-13-26(14-12-25)10-9-24-22(28)20-17-7-8-23(21(17)20)15-18(27)16-5-3-4-6-19(16)29-23/h3-6,17,20-21H,2,7-15H2,1H3,(H,24,28)/t17-,20+,21-,23+/m0/s1. The summed E-state index contributed by atoms with van der Waals surface area (Å²) in [4.78, 5) is 30.4. The van der Waals surface area contributed by atoms with Gasteiger partial charge in [-0.05, 0) is 37.4 Å². The van der Waals surface area contributed by atoms with Crippen LogP contribution in [0.15, 0.2) is 24.3 Å². The number of carbonyl (C=O) groups is 2. The third kappa shape index (κ3) is 3.36. The molecule has 0 radical (unpaired) electrons. The molecule has 4 atom stereocenters. The Bertz CT molecular complexity index is 804. The molecule has 0 bridgehead atoms. The van der Waals surface area contributed by atoms with Gasteiger partial charge in [0.1, 0.15) is 11.4 Å². The highest BCUT2D eigenvalue weighted by Gasteiger charge is 2.70. The Labute approximate surface area is 172 Å². The average Bonchev–Trinajstić information content (AvgIpc) is 3.39. The molecule has 2 aliphatic carbocycles. The SMILES string of the molecule is CCN1CCN(CCNC(=O)[C@@H]2[C@@H]3CC[C@@]4(CC(=O)c5ccccc5O4)[C@@H]32)CC1. The molecule has 1 N–H and O–H groups in total. The molecule has 5 rings (SSSR count). The zero-order chi connectivity index (χ0) is 20.0. The van der Waals surface area contributed by atoms with Crippen LogP contribution < -0.4 is 10.1 Å². The van der Waals surface area contributed by atoms with Gasteiger partial charge in [-0.2, -0.15) is 0 Å². The third-order valence-corrected chi connectivity index (χ3v) is 7.58. The van der Waals surface area contributed by atoms with Crippen molar-refractivity contribution < 1.29 is 14.3 Å². The first-order valence-electron chi connectivity index (χ1n) is 11.1. The predicted molar refractivity (Wildman–Crippen MR) is 110 cm³/mol. The maximum absolute atomic E-state index is 12.8. The van der Waals surface area contributed by atoms with Crippen LogP contribution in [0.25, 0.3) is 0 Å². The number of para-hydroxylation sites is 1. The Hall–Kier alpha value is -1.92. The molecule has 1 amide bonds. The van der Waals surface area contributed by atoms with Gasteiger partial charge in [0, 0.05) is 51.1 Å². The van der Waals surface area contributed by atoms with E-state index in [2.05, 4.69) is 22.0 Å². The van der Waals surface area contributed by atoms with Gasteiger partial charge in [0.05, 0.1) is 12.0 Å². The van der Waals surface area contributed by atoms with Crippen LogP contribution in [-0.2, 0) is 4.79 Å². The number of piperazine rings is 1. The lowest BCUT2D eigenvalue weighted by molar-refractivity contribution is -0.124.